The number of carbonyl (C=O) groups is 1. The predicted octanol–water partition coefficient (Wildman–Crippen LogP) is 0.321. The van der Waals surface area contributed by atoms with Gasteiger partial charge in [0.05, 0.1) is 37.6 Å². The van der Waals surface area contributed by atoms with Crippen LogP contribution in [0, 0.1) is 13.8 Å². The molecule has 0 spiro atoms. The molecule has 0 aromatic carbocycles. The summed E-state index contributed by atoms with van der Waals surface area (Å²) in [5, 5.41) is 12.7. The van der Waals surface area contributed by atoms with Gasteiger partial charge >= 0.3 is 0 Å². The lowest BCUT2D eigenvalue weighted by Gasteiger charge is -2.04. The number of aryl methyl sites for hydroxylation is 1. The monoisotopic (exact) mass is 212 g/mol. The highest BCUT2D eigenvalue weighted by Crippen LogP contribution is 2.09. The molecular weight excluding hydrogens is 196 g/mol. The quantitative estimate of drug-likeness (QED) is 0.545. The second-order valence-corrected chi connectivity index (χ2v) is 3.26. The molecule has 0 bridgehead atoms. The summed E-state index contributed by atoms with van der Waals surface area (Å²) >= 11 is 0. The summed E-state index contributed by atoms with van der Waals surface area (Å²) in [6, 6.07) is 0. The molecule has 5 nitrogen and oxygen atoms in total. The zero-order valence-electron chi connectivity index (χ0n) is 9.06. The molecule has 0 saturated heterocycles. The molecule has 84 valence electrons. The topological polar surface area (TPSA) is 64.3 Å². The summed E-state index contributed by atoms with van der Waals surface area (Å²) in [6.45, 7) is 5.11. The van der Waals surface area contributed by atoms with E-state index in [1.54, 1.807) is 4.68 Å². The van der Waals surface area contributed by atoms with E-state index >= 15 is 0 Å². The molecule has 15 heavy (non-hydrogen) atoms. The number of nitrogens with zero attached hydrogens (tertiary/aromatic N) is 2. The van der Waals surface area contributed by atoms with Crippen molar-refractivity contribution in [1.29, 1.82) is 0 Å². The first kappa shape index (κ1) is 11.9. The van der Waals surface area contributed by atoms with E-state index in [1.165, 1.54) is 0 Å². The minimum atomic E-state index is 0.0245. The molecule has 0 aliphatic carbocycles. The zero-order valence-corrected chi connectivity index (χ0v) is 9.06. The Kier molecular flexibility index (Phi) is 4.45. The van der Waals surface area contributed by atoms with Crippen molar-refractivity contribution in [2.24, 2.45) is 0 Å². The molecule has 0 aliphatic rings. The maximum atomic E-state index is 10.7. The van der Waals surface area contributed by atoms with Gasteiger partial charge in [0.2, 0.25) is 0 Å². The first-order valence-electron chi connectivity index (χ1n) is 4.88. The van der Waals surface area contributed by atoms with Crippen molar-refractivity contribution in [3.8, 4) is 0 Å². The molecule has 1 aromatic rings. The van der Waals surface area contributed by atoms with Gasteiger partial charge in [-0.05, 0) is 13.8 Å². The highest BCUT2D eigenvalue weighted by molar-refractivity contribution is 5.77. The van der Waals surface area contributed by atoms with Crippen molar-refractivity contribution in [3.05, 3.63) is 17.0 Å². The number of aliphatic hydroxyl groups excluding tert-OH is 1. The number of hydrogen-bond acceptors (Lipinski definition) is 4. The highest BCUT2D eigenvalue weighted by atomic mass is 16.5. The molecule has 1 aromatic heterocycles. The smallest absolute Gasteiger partial charge is 0.153 e. The van der Waals surface area contributed by atoms with E-state index in [1.807, 2.05) is 13.8 Å². The van der Waals surface area contributed by atoms with E-state index in [-0.39, 0.29) is 6.61 Å². The fourth-order valence-corrected chi connectivity index (χ4v) is 1.42. The van der Waals surface area contributed by atoms with E-state index in [2.05, 4.69) is 5.10 Å². The van der Waals surface area contributed by atoms with Crippen molar-refractivity contribution in [3.63, 3.8) is 0 Å². The van der Waals surface area contributed by atoms with Gasteiger partial charge in [-0.1, -0.05) is 0 Å². The van der Waals surface area contributed by atoms with Gasteiger partial charge in [0.1, 0.15) is 0 Å². The Bertz CT molecular complexity index is 334. The van der Waals surface area contributed by atoms with Crippen LogP contribution in [0.1, 0.15) is 21.7 Å². The first-order valence-corrected chi connectivity index (χ1v) is 4.88. The van der Waals surface area contributed by atoms with Crippen LogP contribution in [-0.2, 0) is 11.3 Å². The van der Waals surface area contributed by atoms with Crippen LogP contribution in [0.15, 0.2) is 0 Å². The Hall–Kier alpha value is -1.20. The van der Waals surface area contributed by atoms with E-state index in [0.29, 0.717) is 25.3 Å². The first-order chi connectivity index (χ1) is 7.20. The number of rotatable bonds is 6. The second kappa shape index (κ2) is 5.63. The maximum absolute atomic E-state index is 10.7. The molecule has 1 N–H and O–H groups in total. The highest BCUT2D eigenvalue weighted by Gasteiger charge is 2.09. The van der Waals surface area contributed by atoms with Gasteiger partial charge < -0.3 is 9.84 Å². The maximum Gasteiger partial charge on any atom is 0.153 e. The van der Waals surface area contributed by atoms with Gasteiger partial charge in [0.25, 0.3) is 0 Å². The molecule has 0 unspecified atom stereocenters. The van der Waals surface area contributed by atoms with Crippen LogP contribution in [0.4, 0.5) is 0 Å². The average molecular weight is 212 g/mol. The van der Waals surface area contributed by atoms with Crippen LogP contribution in [0.3, 0.4) is 0 Å². The Morgan fingerprint density at radius 3 is 2.73 bits per heavy atom. The van der Waals surface area contributed by atoms with Gasteiger partial charge in [-0.2, -0.15) is 5.10 Å². The van der Waals surface area contributed by atoms with E-state index in [9.17, 15) is 4.79 Å². The Labute approximate surface area is 88.7 Å². The van der Waals surface area contributed by atoms with Gasteiger partial charge in [0, 0.05) is 5.69 Å². The molecule has 0 saturated carbocycles. The molecular formula is C10H16N2O3. The van der Waals surface area contributed by atoms with Crippen LogP contribution in [0.2, 0.25) is 0 Å². The van der Waals surface area contributed by atoms with Crippen LogP contribution in [-0.4, -0.2) is 41.0 Å². The number of aldehydes is 1. The van der Waals surface area contributed by atoms with Crippen molar-refractivity contribution < 1.29 is 14.6 Å². The SMILES string of the molecule is Cc1nn(CCOCCO)c(C)c1C=O. The normalized spacial score (nSPS) is 10.6. The fourth-order valence-electron chi connectivity index (χ4n) is 1.42. The van der Waals surface area contributed by atoms with Crippen LogP contribution in [0.5, 0.6) is 0 Å². The van der Waals surface area contributed by atoms with E-state index < -0.39 is 0 Å². The predicted molar refractivity (Wildman–Crippen MR) is 55.0 cm³/mol. The summed E-state index contributed by atoms with van der Waals surface area (Å²) in [6.07, 6.45) is 0.822. The number of hydrogen-bond donors (Lipinski definition) is 1. The minimum absolute atomic E-state index is 0.0245. The van der Waals surface area contributed by atoms with Crippen LogP contribution in [0.25, 0.3) is 0 Å². The number of ether oxygens (including phenoxy) is 1. The molecule has 0 fully saturated rings. The van der Waals surface area contributed by atoms with Crippen molar-refractivity contribution in [1.82, 2.24) is 9.78 Å². The summed E-state index contributed by atoms with van der Waals surface area (Å²) < 4.78 is 6.87. The Balaban J connectivity index is 2.58. The standard InChI is InChI=1S/C10H16N2O3/c1-8-10(7-14)9(2)12(11-8)3-5-15-6-4-13/h7,13H,3-6H2,1-2H3. The number of carbonyl (C=O) groups excluding carboxylic acids is 1. The largest absolute Gasteiger partial charge is 0.394 e. The molecule has 0 radical (unpaired) electrons. The third kappa shape index (κ3) is 2.87. The second-order valence-electron chi connectivity index (χ2n) is 3.26. The molecule has 1 heterocycles. The van der Waals surface area contributed by atoms with Crippen molar-refractivity contribution in [2.45, 2.75) is 20.4 Å². The molecule has 0 atom stereocenters. The van der Waals surface area contributed by atoms with Crippen molar-refractivity contribution >= 4 is 6.29 Å². The molecule has 0 amide bonds. The van der Waals surface area contributed by atoms with E-state index in [0.717, 1.165) is 17.7 Å². The number of aliphatic hydroxyl groups is 1. The number of aromatic nitrogens is 2. The van der Waals surface area contributed by atoms with Gasteiger partial charge in [0.15, 0.2) is 6.29 Å². The lowest BCUT2D eigenvalue weighted by atomic mass is 10.2. The Morgan fingerprint density at radius 1 is 1.47 bits per heavy atom. The minimum Gasteiger partial charge on any atom is -0.394 e. The van der Waals surface area contributed by atoms with Crippen LogP contribution >= 0.6 is 0 Å². The third-order valence-corrected chi connectivity index (χ3v) is 2.24. The summed E-state index contributed by atoms with van der Waals surface area (Å²) in [5.41, 5.74) is 2.25. The van der Waals surface area contributed by atoms with Gasteiger partial charge in [-0.15, -0.1) is 0 Å². The lowest BCUT2D eigenvalue weighted by Crippen LogP contribution is -2.11. The zero-order chi connectivity index (χ0) is 11.3. The van der Waals surface area contributed by atoms with Crippen LogP contribution < -0.4 is 0 Å². The summed E-state index contributed by atoms with van der Waals surface area (Å²) in [4.78, 5) is 10.7. The molecule has 5 heteroatoms. The summed E-state index contributed by atoms with van der Waals surface area (Å²) in [5.74, 6) is 0. The average Bonchev–Trinajstić information content (AvgIpc) is 2.49. The van der Waals surface area contributed by atoms with Gasteiger partial charge in [-0.25, -0.2) is 0 Å². The Morgan fingerprint density at radius 2 is 2.20 bits per heavy atom. The van der Waals surface area contributed by atoms with Gasteiger partial charge in [-0.3, -0.25) is 9.48 Å². The fraction of sp³-hybridized carbons (Fsp3) is 0.600. The van der Waals surface area contributed by atoms with Crippen molar-refractivity contribution in [2.75, 3.05) is 19.8 Å². The lowest BCUT2D eigenvalue weighted by molar-refractivity contribution is 0.0850. The summed E-state index contributed by atoms with van der Waals surface area (Å²) in [7, 11) is 0. The third-order valence-electron chi connectivity index (χ3n) is 2.24. The molecule has 0 aliphatic heterocycles. The molecule has 1 rings (SSSR count). The van der Waals surface area contributed by atoms with E-state index in [4.69, 9.17) is 9.84 Å².